The van der Waals surface area contributed by atoms with Crippen LogP contribution in [0, 0.1) is 6.92 Å². The molecule has 0 spiro atoms. The number of anilines is 1. The number of nitrogens with one attached hydrogen (secondary N) is 1. The lowest BCUT2D eigenvalue weighted by molar-refractivity contribution is 0.189. The molecule has 0 amide bonds. The standard InChI is InChI=1S/C15H25NO7S2/c1-14-7-6-8-15(13-14)16-22-9-2-5-12-25(20,21)23-10-3-4-11-24(17,18)19/h6-8,13,16H,2-5,9-12H2,1H3,(H,17,18,19). The van der Waals surface area contributed by atoms with Crippen molar-refractivity contribution in [3.8, 4) is 0 Å². The van der Waals surface area contributed by atoms with Gasteiger partial charge in [0, 0.05) is 0 Å². The van der Waals surface area contributed by atoms with Crippen LogP contribution in [-0.2, 0) is 29.3 Å². The van der Waals surface area contributed by atoms with E-state index in [-0.39, 0.29) is 25.2 Å². The van der Waals surface area contributed by atoms with Gasteiger partial charge in [0.1, 0.15) is 0 Å². The lowest BCUT2D eigenvalue weighted by atomic mass is 10.2. The summed E-state index contributed by atoms with van der Waals surface area (Å²) in [6.45, 7) is 2.24. The van der Waals surface area contributed by atoms with Crippen LogP contribution in [0.2, 0.25) is 0 Å². The highest BCUT2D eigenvalue weighted by molar-refractivity contribution is 7.86. The molecule has 0 bridgehead atoms. The summed E-state index contributed by atoms with van der Waals surface area (Å²) in [7, 11) is -7.64. The molecule has 8 nitrogen and oxygen atoms in total. The number of rotatable bonds is 13. The van der Waals surface area contributed by atoms with Crippen LogP contribution in [0.25, 0.3) is 0 Å². The summed E-state index contributed by atoms with van der Waals surface area (Å²) in [6.07, 6.45) is 1.32. The van der Waals surface area contributed by atoms with Gasteiger partial charge in [-0.25, -0.2) is 0 Å². The summed E-state index contributed by atoms with van der Waals surface area (Å²) in [5.74, 6) is -0.527. The van der Waals surface area contributed by atoms with Gasteiger partial charge in [-0.15, -0.1) is 0 Å². The minimum atomic E-state index is -4.01. The molecule has 0 aliphatic carbocycles. The molecule has 0 aliphatic rings. The Balaban J connectivity index is 2.07. The minimum Gasteiger partial charge on any atom is -0.286 e. The van der Waals surface area contributed by atoms with Gasteiger partial charge in [0.25, 0.3) is 20.2 Å². The largest absolute Gasteiger partial charge is 0.286 e. The Morgan fingerprint density at radius 2 is 1.68 bits per heavy atom. The highest BCUT2D eigenvalue weighted by Crippen LogP contribution is 2.09. The Labute approximate surface area is 149 Å². The molecule has 0 unspecified atom stereocenters. The maximum atomic E-state index is 11.6. The van der Waals surface area contributed by atoms with Crippen molar-refractivity contribution in [3.05, 3.63) is 29.8 Å². The predicted molar refractivity (Wildman–Crippen MR) is 95.4 cm³/mol. The van der Waals surface area contributed by atoms with E-state index in [1.165, 1.54) is 0 Å². The van der Waals surface area contributed by atoms with E-state index in [1.807, 2.05) is 31.2 Å². The molecule has 0 fully saturated rings. The molecule has 0 radical (unpaired) electrons. The molecule has 0 saturated carbocycles. The van der Waals surface area contributed by atoms with Crippen LogP contribution in [0.4, 0.5) is 5.69 Å². The first-order valence-electron chi connectivity index (χ1n) is 7.95. The molecule has 1 aromatic rings. The van der Waals surface area contributed by atoms with Gasteiger partial charge in [-0.05, 0) is 50.3 Å². The van der Waals surface area contributed by atoms with E-state index in [4.69, 9.17) is 13.6 Å². The van der Waals surface area contributed by atoms with Crippen LogP contribution in [0.3, 0.4) is 0 Å². The van der Waals surface area contributed by atoms with Crippen LogP contribution in [0.1, 0.15) is 31.2 Å². The number of aryl methyl sites for hydroxylation is 1. The number of benzene rings is 1. The fraction of sp³-hybridized carbons (Fsp3) is 0.600. The molecular weight excluding hydrogens is 370 g/mol. The number of hydrogen-bond donors (Lipinski definition) is 2. The highest BCUT2D eigenvalue weighted by atomic mass is 32.2. The molecule has 1 rings (SSSR count). The molecule has 2 N–H and O–H groups in total. The van der Waals surface area contributed by atoms with E-state index in [9.17, 15) is 16.8 Å². The second-order valence-corrected chi connectivity index (χ2v) is 8.94. The van der Waals surface area contributed by atoms with Crippen molar-refractivity contribution >= 4 is 25.9 Å². The van der Waals surface area contributed by atoms with Crippen molar-refractivity contribution in [3.63, 3.8) is 0 Å². The Morgan fingerprint density at radius 1 is 1.00 bits per heavy atom. The van der Waals surface area contributed by atoms with Crippen LogP contribution in [0.5, 0.6) is 0 Å². The fourth-order valence-corrected chi connectivity index (χ4v) is 3.54. The quantitative estimate of drug-likeness (QED) is 0.226. The molecule has 1 aromatic carbocycles. The summed E-state index contributed by atoms with van der Waals surface area (Å²) in [5.41, 5.74) is 4.73. The van der Waals surface area contributed by atoms with Crippen molar-refractivity contribution in [2.24, 2.45) is 0 Å². The normalized spacial score (nSPS) is 12.2. The maximum Gasteiger partial charge on any atom is 0.267 e. The molecule has 0 saturated heterocycles. The molecule has 0 heterocycles. The third-order valence-electron chi connectivity index (χ3n) is 3.16. The molecule has 25 heavy (non-hydrogen) atoms. The Hall–Kier alpha value is -1.20. The SMILES string of the molecule is Cc1cccc(NOCCCCS(=O)(=O)OCCCCS(=O)(=O)O)c1. The fourth-order valence-electron chi connectivity index (χ4n) is 1.93. The van der Waals surface area contributed by atoms with Crippen molar-refractivity contribution in [1.29, 1.82) is 0 Å². The summed E-state index contributed by atoms with van der Waals surface area (Å²) in [6, 6.07) is 7.67. The highest BCUT2D eigenvalue weighted by Gasteiger charge is 2.11. The number of hydrogen-bond acceptors (Lipinski definition) is 7. The molecule has 0 atom stereocenters. The van der Waals surface area contributed by atoms with Gasteiger partial charge in [0.15, 0.2) is 0 Å². The zero-order valence-corrected chi connectivity index (χ0v) is 15.8. The van der Waals surface area contributed by atoms with E-state index in [1.54, 1.807) is 0 Å². The zero-order valence-electron chi connectivity index (χ0n) is 14.2. The first-order valence-corrected chi connectivity index (χ1v) is 11.1. The molecular formula is C15H25NO7S2. The van der Waals surface area contributed by atoms with Gasteiger partial charge >= 0.3 is 0 Å². The molecule has 0 aliphatic heterocycles. The van der Waals surface area contributed by atoms with Crippen LogP contribution < -0.4 is 5.48 Å². The molecule has 0 aromatic heterocycles. The van der Waals surface area contributed by atoms with Gasteiger partial charge in [0.05, 0.1) is 30.4 Å². The van der Waals surface area contributed by atoms with Crippen molar-refractivity contribution in [2.75, 3.05) is 30.2 Å². The Bertz CT molecular complexity index is 717. The van der Waals surface area contributed by atoms with Gasteiger partial charge in [-0.1, -0.05) is 12.1 Å². The summed E-state index contributed by atoms with van der Waals surface area (Å²) < 4.78 is 57.6. The van der Waals surface area contributed by atoms with Crippen molar-refractivity contribution in [2.45, 2.75) is 32.6 Å². The third kappa shape index (κ3) is 11.9. The van der Waals surface area contributed by atoms with E-state index < -0.39 is 26.0 Å². The summed E-state index contributed by atoms with van der Waals surface area (Å²) >= 11 is 0. The summed E-state index contributed by atoms with van der Waals surface area (Å²) in [4.78, 5) is 5.27. The Morgan fingerprint density at radius 3 is 2.36 bits per heavy atom. The molecule has 144 valence electrons. The monoisotopic (exact) mass is 395 g/mol. The smallest absolute Gasteiger partial charge is 0.267 e. The van der Waals surface area contributed by atoms with Gasteiger partial charge in [-0.3, -0.25) is 19.1 Å². The molecule has 10 heteroatoms. The van der Waals surface area contributed by atoms with E-state index in [0.29, 0.717) is 19.4 Å². The topological polar surface area (TPSA) is 119 Å². The lowest BCUT2D eigenvalue weighted by Crippen LogP contribution is -2.13. The number of unbranched alkanes of at least 4 members (excludes halogenated alkanes) is 2. The van der Waals surface area contributed by atoms with E-state index in [0.717, 1.165) is 11.3 Å². The van der Waals surface area contributed by atoms with Crippen LogP contribution in [0.15, 0.2) is 24.3 Å². The van der Waals surface area contributed by atoms with Crippen LogP contribution >= 0.6 is 0 Å². The second-order valence-electron chi connectivity index (χ2n) is 5.60. The first kappa shape index (κ1) is 21.8. The maximum absolute atomic E-state index is 11.6. The Kier molecular flexibility index (Phi) is 9.36. The first-order chi connectivity index (χ1) is 11.7. The minimum absolute atomic E-state index is 0.0940. The van der Waals surface area contributed by atoms with E-state index >= 15 is 0 Å². The average molecular weight is 395 g/mol. The van der Waals surface area contributed by atoms with Crippen molar-refractivity contribution < 1.29 is 30.4 Å². The van der Waals surface area contributed by atoms with E-state index in [2.05, 4.69) is 5.48 Å². The average Bonchev–Trinajstić information content (AvgIpc) is 2.49. The lowest BCUT2D eigenvalue weighted by Gasteiger charge is -2.08. The summed E-state index contributed by atoms with van der Waals surface area (Å²) in [5, 5.41) is 0. The van der Waals surface area contributed by atoms with Gasteiger partial charge in [0.2, 0.25) is 0 Å². The van der Waals surface area contributed by atoms with Gasteiger partial charge < -0.3 is 0 Å². The van der Waals surface area contributed by atoms with Crippen molar-refractivity contribution in [1.82, 2.24) is 0 Å². The predicted octanol–water partition coefficient (Wildman–Crippen LogP) is 2.13. The van der Waals surface area contributed by atoms with Gasteiger partial charge in [-0.2, -0.15) is 16.8 Å². The zero-order chi connectivity index (χ0) is 18.8. The third-order valence-corrected chi connectivity index (χ3v) is 5.28. The van der Waals surface area contributed by atoms with Crippen LogP contribution in [-0.4, -0.2) is 46.1 Å². The second kappa shape index (κ2) is 10.7.